The van der Waals surface area contributed by atoms with Crippen LogP contribution in [-0.2, 0) is 19.2 Å². The summed E-state index contributed by atoms with van der Waals surface area (Å²) in [6.45, 7) is 5.22. The Morgan fingerprint density at radius 2 is 2.00 bits per heavy atom. The van der Waals surface area contributed by atoms with Crippen molar-refractivity contribution >= 4 is 23.6 Å². The predicted molar refractivity (Wildman–Crippen MR) is 83.2 cm³/mol. The number of aliphatic hydroxyl groups excluding tert-OH is 1. The van der Waals surface area contributed by atoms with E-state index >= 15 is 0 Å². The van der Waals surface area contributed by atoms with Crippen molar-refractivity contribution in [3.05, 3.63) is 0 Å². The van der Waals surface area contributed by atoms with E-state index in [4.69, 9.17) is 5.73 Å². The van der Waals surface area contributed by atoms with Gasteiger partial charge in [-0.15, -0.1) is 0 Å². The minimum absolute atomic E-state index is 0.0988. The van der Waals surface area contributed by atoms with Crippen molar-refractivity contribution in [2.45, 2.75) is 44.9 Å². The molecule has 2 fully saturated rings. The van der Waals surface area contributed by atoms with Crippen LogP contribution in [0.5, 0.6) is 0 Å². The number of nitrogens with zero attached hydrogens (tertiary/aromatic N) is 1. The molecule has 4 amide bonds. The van der Waals surface area contributed by atoms with E-state index in [0.29, 0.717) is 6.54 Å². The lowest BCUT2D eigenvalue weighted by Gasteiger charge is -2.44. The number of likely N-dealkylation sites (tertiary alicyclic amines) is 1. The molecule has 0 saturated carbocycles. The Kier molecular flexibility index (Phi) is 4.84. The van der Waals surface area contributed by atoms with Crippen LogP contribution >= 0.6 is 0 Å². The van der Waals surface area contributed by atoms with E-state index in [2.05, 4.69) is 10.6 Å². The van der Waals surface area contributed by atoms with E-state index in [-0.39, 0.29) is 30.7 Å². The Labute approximate surface area is 139 Å². The minimum Gasteiger partial charge on any atom is -0.391 e. The lowest BCUT2D eigenvalue weighted by Crippen LogP contribution is -2.71. The molecule has 4 atom stereocenters. The molecule has 2 rings (SSSR count). The Hall–Kier alpha value is -2.16. The molecular formula is C15H24N4O5. The van der Waals surface area contributed by atoms with Gasteiger partial charge in [-0.3, -0.25) is 19.2 Å². The molecule has 2 aliphatic heterocycles. The second kappa shape index (κ2) is 6.39. The van der Waals surface area contributed by atoms with Gasteiger partial charge in [-0.05, 0) is 13.3 Å². The Morgan fingerprint density at radius 3 is 2.38 bits per heavy atom. The second-order valence-electron chi connectivity index (χ2n) is 6.85. The molecule has 5 N–H and O–H groups in total. The summed E-state index contributed by atoms with van der Waals surface area (Å²) in [6.07, 6.45) is -0.948. The molecule has 2 heterocycles. The molecule has 1 spiro atoms. The van der Waals surface area contributed by atoms with Crippen LogP contribution in [0.2, 0.25) is 0 Å². The number of hydrogen-bond acceptors (Lipinski definition) is 5. The van der Waals surface area contributed by atoms with Crippen LogP contribution in [0.3, 0.4) is 0 Å². The summed E-state index contributed by atoms with van der Waals surface area (Å²) in [5.41, 5.74) is 4.18. The molecule has 24 heavy (non-hydrogen) atoms. The Balaban J connectivity index is 2.15. The quantitative estimate of drug-likeness (QED) is 0.417. The third-order valence-electron chi connectivity index (χ3n) is 4.69. The van der Waals surface area contributed by atoms with E-state index < -0.39 is 35.4 Å². The zero-order valence-electron chi connectivity index (χ0n) is 14.0. The topological polar surface area (TPSA) is 142 Å². The maximum absolute atomic E-state index is 12.4. The summed E-state index contributed by atoms with van der Waals surface area (Å²) >= 11 is 0. The number of hydrogen-bond donors (Lipinski definition) is 4. The van der Waals surface area contributed by atoms with Crippen LogP contribution in [0.1, 0.15) is 27.2 Å². The van der Waals surface area contributed by atoms with E-state index in [0.717, 1.165) is 0 Å². The zero-order valence-corrected chi connectivity index (χ0v) is 14.0. The van der Waals surface area contributed by atoms with Crippen LogP contribution < -0.4 is 16.4 Å². The molecular weight excluding hydrogens is 316 g/mol. The number of β-lactam (4-membered cyclic amide) rings is 1. The number of carbonyl (C=O) groups excluding carboxylic acids is 4. The fourth-order valence-corrected chi connectivity index (χ4v) is 3.21. The van der Waals surface area contributed by atoms with Crippen molar-refractivity contribution < 1.29 is 24.3 Å². The lowest BCUT2D eigenvalue weighted by atomic mass is 9.84. The summed E-state index contributed by atoms with van der Waals surface area (Å²) in [5.74, 6) is -2.75. The van der Waals surface area contributed by atoms with Gasteiger partial charge in [0.05, 0.1) is 18.6 Å². The van der Waals surface area contributed by atoms with Crippen LogP contribution in [0.15, 0.2) is 0 Å². The first kappa shape index (κ1) is 18.2. The van der Waals surface area contributed by atoms with Crippen LogP contribution in [0.4, 0.5) is 0 Å². The van der Waals surface area contributed by atoms with Crippen LogP contribution in [0.25, 0.3) is 0 Å². The molecule has 0 aliphatic carbocycles. The fraction of sp³-hybridized carbons (Fsp3) is 0.733. The number of aliphatic hydroxyl groups is 1. The minimum atomic E-state index is -1.21. The highest BCUT2D eigenvalue weighted by molar-refractivity contribution is 5.99. The van der Waals surface area contributed by atoms with Crippen molar-refractivity contribution in [2.24, 2.45) is 17.6 Å². The van der Waals surface area contributed by atoms with Gasteiger partial charge in [0, 0.05) is 12.5 Å². The van der Waals surface area contributed by atoms with E-state index in [1.165, 1.54) is 11.8 Å². The molecule has 2 aliphatic rings. The Bertz CT molecular complexity index is 576. The van der Waals surface area contributed by atoms with E-state index in [1.54, 1.807) is 13.8 Å². The van der Waals surface area contributed by atoms with E-state index in [1.807, 2.05) is 0 Å². The summed E-state index contributed by atoms with van der Waals surface area (Å²) in [4.78, 5) is 49.7. The number of primary amides is 1. The first-order valence-corrected chi connectivity index (χ1v) is 7.97. The van der Waals surface area contributed by atoms with Gasteiger partial charge in [-0.25, -0.2) is 0 Å². The number of rotatable bonds is 5. The number of nitrogens with one attached hydrogen (secondary N) is 2. The molecule has 134 valence electrons. The predicted octanol–water partition coefficient (Wildman–Crippen LogP) is -2.29. The van der Waals surface area contributed by atoms with Crippen LogP contribution in [-0.4, -0.2) is 64.4 Å². The summed E-state index contributed by atoms with van der Waals surface area (Å²) in [7, 11) is 0. The van der Waals surface area contributed by atoms with Gasteiger partial charge in [0.25, 0.3) is 0 Å². The summed E-state index contributed by atoms with van der Waals surface area (Å²) in [5, 5.41) is 14.6. The van der Waals surface area contributed by atoms with Gasteiger partial charge in [-0.1, -0.05) is 13.8 Å². The smallest absolute Gasteiger partial charge is 0.247 e. The lowest BCUT2D eigenvalue weighted by molar-refractivity contribution is -0.153. The molecule has 0 radical (unpaired) electrons. The Morgan fingerprint density at radius 1 is 1.38 bits per heavy atom. The standard InChI is InChI=1S/C15H24N4O5/c1-7(2)13(23)19-5-9(4-15(19)6-17-14(15)24)12(22)18-10(8(3)20)11(16)21/h7-10,20H,4-6H2,1-3H3,(H2,16,21)(H,17,24)(H,18,22)/t8-,9?,10+,15?/m1/s1. The number of nitrogens with two attached hydrogens (primary N) is 1. The highest BCUT2D eigenvalue weighted by Gasteiger charge is 2.59. The average Bonchev–Trinajstić information content (AvgIpc) is 2.92. The third-order valence-corrected chi connectivity index (χ3v) is 4.69. The van der Waals surface area contributed by atoms with Gasteiger partial charge in [0.1, 0.15) is 11.6 Å². The molecule has 0 aromatic rings. The zero-order chi connectivity index (χ0) is 18.2. The van der Waals surface area contributed by atoms with Gasteiger partial charge >= 0.3 is 0 Å². The van der Waals surface area contributed by atoms with Gasteiger partial charge in [-0.2, -0.15) is 0 Å². The highest BCUT2D eigenvalue weighted by Crippen LogP contribution is 2.38. The summed E-state index contributed by atoms with van der Waals surface area (Å²) < 4.78 is 0. The van der Waals surface area contributed by atoms with Crippen molar-refractivity contribution in [3.63, 3.8) is 0 Å². The molecule has 0 bridgehead atoms. The SMILES string of the molecule is CC(C)C(=O)N1CC(C(=O)N[C@H](C(N)=O)[C@@H](C)O)CC12CNC2=O. The highest BCUT2D eigenvalue weighted by atomic mass is 16.3. The first-order valence-electron chi connectivity index (χ1n) is 7.97. The van der Waals surface area contributed by atoms with Gasteiger partial charge in [0.15, 0.2) is 0 Å². The molecule has 2 unspecified atom stereocenters. The normalized spacial score (nSPS) is 28.3. The average molecular weight is 340 g/mol. The van der Waals surface area contributed by atoms with Crippen molar-refractivity contribution in [3.8, 4) is 0 Å². The molecule has 2 saturated heterocycles. The van der Waals surface area contributed by atoms with Crippen molar-refractivity contribution in [2.75, 3.05) is 13.1 Å². The van der Waals surface area contributed by atoms with Crippen molar-refractivity contribution in [1.29, 1.82) is 0 Å². The number of amides is 4. The molecule has 9 nitrogen and oxygen atoms in total. The second-order valence-corrected chi connectivity index (χ2v) is 6.85. The fourth-order valence-electron chi connectivity index (χ4n) is 3.21. The van der Waals surface area contributed by atoms with Gasteiger partial charge < -0.3 is 26.4 Å². The van der Waals surface area contributed by atoms with Crippen molar-refractivity contribution in [1.82, 2.24) is 15.5 Å². The maximum Gasteiger partial charge on any atom is 0.247 e. The third kappa shape index (κ3) is 2.95. The summed E-state index contributed by atoms with van der Waals surface area (Å²) in [6, 6.07) is -1.21. The molecule has 9 heteroatoms. The largest absolute Gasteiger partial charge is 0.391 e. The maximum atomic E-state index is 12.4. The van der Waals surface area contributed by atoms with Crippen LogP contribution in [0, 0.1) is 11.8 Å². The monoisotopic (exact) mass is 340 g/mol. The first-order chi connectivity index (χ1) is 11.1. The molecule has 0 aromatic heterocycles. The van der Waals surface area contributed by atoms with Gasteiger partial charge in [0.2, 0.25) is 23.6 Å². The molecule has 0 aromatic carbocycles. The van der Waals surface area contributed by atoms with E-state index in [9.17, 15) is 24.3 Å². The number of carbonyl (C=O) groups is 4.